The van der Waals surface area contributed by atoms with E-state index in [-0.39, 0.29) is 27.6 Å². The van der Waals surface area contributed by atoms with Gasteiger partial charge in [-0.3, -0.25) is 0 Å². The molecule has 0 aliphatic rings. The third kappa shape index (κ3) is 4.37. The zero-order valence-electron chi connectivity index (χ0n) is 10.4. The van der Waals surface area contributed by atoms with Gasteiger partial charge in [0.05, 0.1) is 10.0 Å². The number of hydrogen-bond donors (Lipinski definition) is 2. The van der Waals surface area contributed by atoms with Gasteiger partial charge in [0.15, 0.2) is 0 Å². The average molecular weight is 322 g/mol. The summed E-state index contributed by atoms with van der Waals surface area (Å²) in [6.07, 6.45) is 0. The topological polar surface area (TPSA) is 66.4 Å². The second kappa shape index (κ2) is 6.60. The van der Waals surface area contributed by atoms with Crippen LogP contribution < -0.4 is 4.72 Å². The molecule has 4 nitrogen and oxygen atoms in total. The second-order valence-electron chi connectivity index (χ2n) is 4.00. The number of halogens is 2. The molecule has 0 amide bonds. The standard InChI is InChI=1S/C12H13Cl2NO3S/c1-8(2)15-19(17,18)12-10(13)6-9(4-3-5-16)7-11(12)14/h6-8,15-16H,5H2,1-2H3. The second-order valence-corrected chi connectivity index (χ2v) is 6.47. The van der Waals surface area contributed by atoms with Crippen molar-refractivity contribution < 1.29 is 13.5 Å². The third-order valence-electron chi connectivity index (χ3n) is 1.97. The fourth-order valence-corrected chi connectivity index (χ4v) is 3.87. The van der Waals surface area contributed by atoms with Crippen molar-refractivity contribution in [2.24, 2.45) is 0 Å². The van der Waals surface area contributed by atoms with E-state index in [0.717, 1.165) is 0 Å². The zero-order chi connectivity index (χ0) is 14.6. The van der Waals surface area contributed by atoms with Crippen LogP contribution in [0.15, 0.2) is 17.0 Å². The Morgan fingerprint density at radius 2 is 1.84 bits per heavy atom. The summed E-state index contributed by atoms with van der Waals surface area (Å²) in [5.74, 6) is 5.04. The van der Waals surface area contributed by atoms with Crippen LogP contribution in [-0.2, 0) is 10.0 Å². The number of benzene rings is 1. The first-order chi connectivity index (χ1) is 8.77. The van der Waals surface area contributed by atoms with Gasteiger partial charge in [-0.1, -0.05) is 35.0 Å². The lowest BCUT2D eigenvalue weighted by Gasteiger charge is -2.12. The first-order valence-corrected chi connectivity index (χ1v) is 7.63. The molecule has 19 heavy (non-hydrogen) atoms. The zero-order valence-corrected chi connectivity index (χ0v) is 12.7. The molecule has 7 heteroatoms. The maximum absolute atomic E-state index is 12.1. The van der Waals surface area contributed by atoms with Crippen molar-refractivity contribution in [1.82, 2.24) is 4.72 Å². The van der Waals surface area contributed by atoms with Crippen LogP contribution in [0, 0.1) is 11.8 Å². The predicted molar refractivity (Wildman–Crippen MR) is 75.9 cm³/mol. The SMILES string of the molecule is CC(C)NS(=O)(=O)c1c(Cl)cc(C#CCO)cc1Cl. The number of hydrogen-bond acceptors (Lipinski definition) is 3. The predicted octanol–water partition coefficient (Wildman–Crippen LogP) is 2.02. The van der Waals surface area contributed by atoms with E-state index in [9.17, 15) is 8.42 Å². The lowest BCUT2D eigenvalue weighted by molar-refractivity contribution is 0.350. The molecule has 0 fully saturated rings. The molecule has 0 atom stereocenters. The number of nitrogens with one attached hydrogen (secondary N) is 1. The van der Waals surface area contributed by atoms with Crippen LogP contribution in [0.4, 0.5) is 0 Å². The highest BCUT2D eigenvalue weighted by atomic mass is 35.5. The molecule has 2 N–H and O–H groups in total. The highest BCUT2D eigenvalue weighted by Gasteiger charge is 2.23. The summed E-state index contributed by atoms with van der Waals surface area (Å²) in [4.78, 5) is -0.168. The van der Waals surface area contributed by atoms with Crippen molar-refractivity contribution in [1.29, 1.82) is 0 Å². The summed E-state index contributed by atoms with van der Waals surface area (Å²) >= 11 is 11.9. The van der Waals surface area contributed by atoms with Gasteiger partial charge in [0.2, 0.25) is 10.0 Å². The lowest BCUT2D eigenvalue weighted by Crippen LogP contribution is -2.30. The Morgan fingerprint density at radius 3 is 2.26 bits per heavy atom. The molecule has 0 spiro atoms. The van der Waals surface area contributed by atoms with Crippen LogP contribution in [0.5, 0.6) is 0 Å². The van der Waals surface area contributed by atoms with Gasteiger partial charge in [-0.25, -0.2) is 13.1 Å². The first kappa shape index (κ1) is 16.3. The molecule has 0 aromatic heterocycles. The van der Waals surface area contributed by atoms with Gasteiger partial charge in [0.25, 0.3) is 0 Å². The minimum Gasteiger partial charge on any atom is -0.384 e. The van der Waals surface area contributed by atoms with Gasteiger partial charge in [0.1, 0.15) is 11.5 Å². The molecule has 0 unspecified atom stereocenters. The molecular formula is C12H13Cl2NO3S. The Balaban J connectivity index is 3.32. The molecule has 0 aliphatic carbocycles. The van der Waals surface area contributed by atoms with E-state index < -0.39 is 10.0 Å². The highest BCUT2D eigenvalue weighted by molar-refractivity contribution is 7.89. The number of sulfonamides is 1. The Morgan fingerprint density at radius 1 is 1.32 bits per heavy atom. The van der Waals surface area contributed by atoms with Crippen LogP contribution in [-0.4, -0.2) is 26.2 Å². The van der Waals surface area contributed by atoms with E-state index >= 15 is 0 Å². The maximum atomic E-state index is 12.1. The maximum Gasteiger partial charge on any atom is 0.243 e. The molecule has 0 saturated carbocycles. The van der Waals surface area contributed by atoms with Gasteiger partial charge in [-0.05, 0) is 26.0 Å². The molecular weight excluding hydrogens is 309 g/mol. The molecule has 0 radical (unpaired) electrons. The smallest absolute Gasteiger partial charge is 0.243 e. The van der Waals surface area contributed by atoms with Crippen molar-refractivity contribution in [3.8, 4) is 11.8 Å². The molecule has 0 aliphatic heterocycles. The van der Waals surface area contributed by atoms with Crippen molar-refractivity contribution in [2.75, 3.05) is 6.61 Å². The summed E-state index contributed by atoms with van der Waals surface area (Å²) < 4.78 is 26.5. The summed E-state index contributed by atoms with van der Waals surface area (Å²) in [7, 11) is -3.77. The van der Waals surface area contributed by atoms with Crippen molar-refractivity contribution in [2.45, 2.75) is 24.8 Å². The van der Waals surface area contributed by atoms with E-state index in [4.69, 9.17) is 28.3 Å². The monoisotopic (exact) mass is 321 g/mol. The van der Waals surface area contributed by atoms with Crippen molar-refractivity contribution >= 4 is 33.2 Å². The molecule has 1 aromatic carbocycles. The minimum absolute atomic E-state index is 0.0112. The van der Waals surface area contributed by atoms with Gasteiger partial charge in [-0.2, -0.15) is 0 Å². The van der Waals surface area contributed by atoms with Crippen LogP contribution >= 0.6 is 23.2 Å². The van der Waals surface area contributed by atoms with Crippen LogP contribution in [0.2, 0.25) is 10.0 Å². The Kier molecular flexibility index (Phi) is 5.65. The quantitative estimate of drug-likeness (QED) is 0.837. The highest BCUT2D eigenvalue weighted by Crippen LogP contribution is 2.30. The summed E-state index contributed by atoms with van der Waals surface area (Å²) in [5.41, 5.74) is 0.438. The van der Waals surface area contributed by atoms with Gasteiger partial charge in [-0.15, -0.1) is 0 Å². The van der Waals surface area contributed by atoms with Gasteiger partial charge in [0, 0.05) is 11.6 Å². The van der Waals surface area contributed by atoms with Crippen LogP contribution in [0.25, 0.3) is 0 Å². The van der Waals surface area contributed by atoms with Crippen LogP contribution in [0.1, 0.15) is 19.4 Å². The molecule has 104 valence electrons. The third-order valence-corrected chi connectivity index (χ3v) is 4.55. The first-order valence-electron chi connectivity index (χ1n) is 5.39. The number of aliphatic hydroxyl groups excluding tert-OH is 1. The normalized spacial score (nSPS) is 11.3. The average Bonchev–Trinajstić information content (AvgIpc) is 2.22. The Bertz CT molecular complexity index is 607. The minimum atomic E-state index is -3.77. The van der Waals surface area contributed by atoms with Crippen LogP contribution in [0.3, 0.4) is 0 Å². The molecule has 0 heterocycles. The van der Waals surface area contributed by atoms with E-state index in [0.29, 0.717) is 5.56 Å². The fraction of sp³-hybridized carbons (Fsp3) is 0.333. The van der Waals surface area contributed by atoms with Crippen molar-refractivity contribution in [3.63, 3.8) is 0 Å². The van der Waals surface area contributed by atoms with Crippen molar-refractivity contribution in [3.05, 3.63) is 27.7 Å². The number of rotatable bonds is 3. The largest absolute Gasteiger partial charge is 0.384 e. The van der Waals surface area contributed by atoms with Gasteiger partial charge >= 0.3 is 0 Å². The van der Waals surface area contributed by atoms with E-state index in [1.807, 2.05) is 0 Å². The lowest BCUT2D eigenvalue weighted by atomic mass is 10.2. The molecule has 0 saturated heterocycles. The summed E-state index contributed by atoms with van der Waals surface area (Å²) in [6, 6.07) is 2.52. The molecule has 1 rings (SSSR count). The molecule has 1 aromatic rings. The Hall–Kier alpha value is -0.770. The van der Waals surface area contributed by atoms with E-state index in [1.165, 1.54) is 12.1 Å². The van der Waals surface area contributed by atoms with Gasteiger partial charge < -0.3 is 5.11 Å². The fourth-order valence-electron chi connectivity index (χ4n) is 1.40. The summed E-state index contributed by atoms with van der Waals surface area (Å²) in [5, 5.41) is 8.58. The van der Waals surface area contributed by atoms with E-state index in [2.05, 4.69) is 16.6 Å². The molecule has 0 bridgehead atoms. The number of aliphatic hydroxyl groups is 1. The Labute approximate surface area is 122 Å². The summed E-state index contributed by atoms with van der Waals surface area (Å²) in [6.45, 7) is 3.09. The van der Waals surface area contributed by atoms with E-state index in [1.54, 1.807) is 13.8 Å².